The Labute approximate surface area is 101 Å². The summed E-state index contributed by atoms with van der Waals surface area (Å²) in [6.07, 6.45) is 6.98. The lowest BCUT2D eigenvalue weighted by molar-refractivity contribution is -0.129. The Morgan fingerprint density at radius 2 is 2.29 bits per heavy atom. The van der Waals surface area contributed by atoms with Gasteiger partial charge in [-0.15, -0.1) is 0 Å². The van der Waals surface area contributed by atoms with Crippen LogP contribution in [-0.4, -0.2) is 34.4 Å². The van der Waals surface area contributed by atoms with Crippen LogP contribution in [0, 0.1) is 0 Å². The lowest BCUT2D eigenvalue weighted by Crippen LogP contribution is -2.39. The van der Waals surface area contributed by atoms with Crippen molar-refractivity contribution in [1.29, 1.82) is 0 Å². The number of pyridine rings is 1. The van der Waals surface area contributed by atoms with E-state index in [1.807, 2.05) is 23.2 Å². The Balaban J connectivity index is 1.59. The molecule has 90 valence electrons. The van der Waals surface area contributed by atoms with Crippen molar-refractivity contribution in [2.45, 2.75) is 37.9 Å². The van der Waals surface area contributed by atoms with Crippen molar-refractivity contribution in [1.82, 2.24) is 15.2 Å². The zero-order valence-electron chi connectivity index (χ0n) is 9.80. The van der Waals surface area contributed by atoms with Gasteiger partial charge in [-0.3, -0.25) is 9.78 Å². The quantitative estimate of drug-likeness (QED) is 0.838. The summed E-state index contributed by atoms with van der Waals surface area (Å²) in [6, 6.07) is 4.58. The summed E-state index contributed by atoms with van der Waals surface area (Å²) in [5, 5.41) is 3.41. The zero-order chi connectivity index (χ0) is 11.7. The standard InChI is InChI=1S/C13H17N3O/c17-13-12(15-11-3-4-11)5-7-16(13)9-10-2-1-6-14-8-10/h1-2,6,8,11-12,15H,3-5,7,9H2. The van der Waals surface area contributed by atoms with Crippen LogP contribution in [0.2, 0.25) is 0 Å². The minimum atomic E-state index is 0.0548. The van der Waals surface area contributed by atoms with Crippen molar-refractivity contribution in [3.8, 4) is 0 Å². The predicted molar refractivity (Wildman–Crippen MR) is 64.2 cm³/mol. The monoisotopic (exact) mass is 231 g/mol. The molecule has 1 aliphatic heterocycles. The largest absolute Gasteiger partial charge is 0.337 e. The summed E-state index contributed by atoms with van der Waals surface area (Å²) in [4.78, 5) is 18.1. The van der Waals surface area contributed by atoms with Gasteiger partial charge in [-0.2, -0.15) is 0 Å². The molecule has 1 aromatic heterocycles. The van der Waals surface area contributed by atoms with Gasteiger partial charge in [0.05, 0.1) is 6.04 Å². The van der Waals surface area contributed by atoms with E-state index < -0.39 is 0 Å². The number of amides is 1. The molecule has 2 heterocycles. The zero-order valence-corrected chi connectivity index (χ0v) is 9.80. The van der Waals surface area contributed by atoms with Crippen molar-refractivity contribution in [2.75, 3.05) is 6.54 Å². The van der Waals surface area contributed by atoms with Gasteiger partial charge < -0.3 is 10.2 Å². The molecule has 1 aromatic rings. The molecule has 2 fully saturated rings. The molecule has 2 aliphatic rings. The fraction of sp³-hybridized carbons (Fsp3) is 0.538. The van der Waals surface area contributed by atoms with Gasteiger partial charge in [0.25, 0.3) is 0 Å². The van der Waals surface area contributed by atoms with Crippen LogP contribution in [0.25, 0.3) is 0 Å². The van der Waals surface area contributed by atoms with E-state index in [1.54, 1.807) is 6.20 Å². The van der Waals surface area contributed by atoms with E-state index >= 15 is 0 Å². The van der Waals surface area contributed by atoms with E-state index in [4.69, 9.17) is 0 Å². The molecular formula is C13H17N3O. The fourth-order valence-electron chi connectivity index (χ4n) is 2.30. The van der Waals surface area contributed by atoms with Crippen LogP contribution in [0.15, 0.2) is 24.5 Å². The minimum absolute atomic E-state index is 0.0548. The Kier molecular flexibility index (Phi) is 2.81. The smallest absolute Gasteiger partial charge is 0.240 e. The van der Waals surface area contributed by atoms with Gasteiger partial charge in [-0.05, 0) is 30.9 Å². The number of hydrogen-bond donors (Lipinski definition) is 1. The maximum atomic E-state index is 12.1. The first kappa shape index (κ1) is 10.7. The summed E-state index contributed by atoms with van der Waals surface area (Å²) in [5.74, 6) is 0.251. The Morgan fingerprint density at radius 1 is 1.41 bits per heavy atom. The van der Waals surface area contributed by atoms with Gasteiger partial charge in [-0.25, -0.2) is 0 Å². The number of rotatable bonds is 4. The second kappa shape index (κ2) is 4.45. The molecule has 0 aromatic carbocycles. The van der Waals surface area contributed by atoms with E-state index in [2.05, 4.69) is 10.3 Å². The Hall–Kier alpha value is -1.42. The normalized spacial score (nSPS) is 24.4. The third kappa shape index (κ3) is 2.47. The van der Waals surface area contributed by atoms with Crippen LogP contribution in [-0.2, 0) is 11.3 Å². The number of carbonyl (C=O) groups excluding carboxylic acids is 1. The first-order chi connectivity index (χ1) is 8.33. The van der Waals surface area contributed by atoms with Gasteiger partial charge >= 0.3 is 0 Å². The van der Waals surface area contributed by atoms with Gasteiger partial charge in [0.2, 0.25) is 5.91 Å². The maximum absolute atomic E-state index is 12.1. The molecule has 1 aliphatic carbocycles. The van der Waals surface area contributed by atoms with Crippen LogP contribution in [0.5, 0.6) is 0 Å². The van der Waals surface area contributed by atoms with E-state index in [9.17, 15) is 4.79 Å². The Morgan fingerprint density at radius 3 is 3.00 bits per heavy atom. The van der Waals surface area contributed by atoms with Crippen LogP contribution >= 0.6 is 0 Å². The number of carbonyl (C=O) groups is 1. The van der Waals surface area contributed by atoms with Crippen molar-refractivity contribution in [3.05, 3.63) is 30.1 Å². The molecule has 4 heteroatoms. The second-order valence-corrected chi connectivity index (χ2v) is 4.90. The molecule has 3 rings (SSSR count). The fourth-order valence-corrected chi connectivity index (χ4v) is 2.30. The highest BCUT2D eigenvalue weighted by atomic mass is 16.2. The molecule has 4 nitrogen and oxygen atoms in total. The highest BCUT2D eigenvalue weighted by Crippen LogP contribution is 2.23. The van der Waals surface area contributed by atoms with Crippen molar-refractivity contribution >= 4 is 5.91 Å². The second-order valence-electron chi connectivity index (χ2n) is 4.90. The van der Waals surface area contributed by atoms with Crippen molar-refractivity contribution in [2.24, 2.45) is 0 Å². The average Bonchev–Trinajstić information content (AvgIpc) is 3.11. The van der Waals surface area contributed by atoms with Crippen LogP contribution in [0.1, 0.15) is 24.8 Å². The van der Waals surface area contributed by atoms with Crippen LogP contribution in [0.4, 0.5) is 0 Å². The van der Waals surface area contributed by atoms with Gasteiger partial charge in [0.15, 0.2) is 0 Å². The Bertz CT molecular complexity index is 402. The molecule has 1 N–H and O–H groups in total. The topological polar surface area (TPSA) is 45.2 Å². The summed E-state index contributed by atoms with van der Waals surface area (Å²) in [7, 11) is 0. The first-order valence-corrected chi connectivity index (χ1v) is 6.26. The minimum Gasteiger partial charge on any atom is -0.337 e. The molecule has 17 heavy (non-hydrogen) atoms. The number of hydrogen-bond acceptors (Lipinski definition) is 3. The maximum Gasteiger partial charge on any atom is 0.240 e. The average molecular weight is 231 g/mol. The molecule has 1 saturated heterocycles. The van der Waals surface area contributed by atoms with Gasteiger partial charge in [0, 0.05) is 31.5 Å². The molecule has 1 saturated carbocycles. The van der Waals surface area contributed by atoms with E-state index in [0.717, 1.165) is 18.5 Å². The van der Waals surface area contributed by atoms with Crippen LogP contribution < -0.4 is 5.32 Å². The summed E-state index contributed by atoms with van der Waals surface area (Å²) in [6.45, 7) is 1.55. The van der Waals surface area contributed by atoms with Crippen LogP contribution in [0.3, 0.4) is 0 Å². The summed E-state index contributed by atoms with van der Waals surface area (Å²) >= 11 is 0. The van der Waals surface area contributed by atoms with E-state index in [1.165, 1.54) is 12.8 Å². The SMILES string of the molecule is O=C1C(NC2CC2)CCN1Cc1cccnc1. The summed E-state index contributed by atoms with van der Waals surface area (Å²) in [5.41, 5.74) is 1.10. The molecule has 0 spiro atoms. The van der Waals surface area contributed by atoms with Gasteiger partial charge in [0.1, 0.15) is 0 Å². The predicted octanol–water partition coefficient (Wildman–Crippen LogP) is 0.934. The lowest BCUT2D eigenvalue weighted by Gasteiger charge is -2.16. The number of nitrogens with zero attached hydrogens (tertiary/aromatic N) is 2. The highest BCUT2D eigenvalue weighted by Gasteiger charge is 2.35. The third-order valence-corrected chi connectivity index (χ3v) is 3.41. The number of aromatic nitrogens is 1. The molecule has 0 bridgehead atoms. The van der Waals surface area contributed by atoms with Crippen molar-refractivity contribution in [3.63, 3.8) is 0 Å². The molecule has 1 amide bonds. The molecule has 1 atom stereocenters. The van der Waals surface area contributed by atoms with E-state index in [-0.39, 0.29) is 11.9 Å². The first-order valence-electron chi connectivity index (χ1n) is 6.26. The van der Waals surface area contributed by atoms with E-state index in [0.29, 0.717) is 12.6 Å². The number of nitrogens with one attached hydrogen (secondary N) is 1. The van der Waals surface area contributed by atoms with Gasteiger partial charge in [-0.1, -0.05) is 6.07 Å². The molecular weight excluding hydrogens is 214 g/mol. The molecule has 0 radical (unpaired) electrons. The highest BCUT2D eigenvalue weighted by molar-refractivity contribution is 5.84. The van der Waals surface area contributed by atoms with Crippen molar-refractivity contribution < 1.29 is 4.79 Å². The third-order valence-electron chi connectivity index (χ3n) is 3.41. The summed E-state index contributed by atoms with van der Waals surface area (Å²) < 4.78 is 0. The molecule has 1 unspecified atom stereocenters. The lowest BCUT2D eigenvalue weighted by atomic mass is 10.2. The number of likely N-dealkylation sites (tertiary alicyclic amines) is 1.